The van der Waals surface area contributed by atoms with Crippen molar-refractivity contribution in [2.75, 3.05) is 5.33 Å². The molecule has 0 heterocycles. The number of hydrogen-bond donors (Lipinski definition) is 0. The van der Waals surface area contributed by atoms with Crippen molar-refractivity contribution in [1.82, 2.24) is 0 Å². The minimum atomic E-state index is -0.171. The first kappa shape index (κ1) is 13.8. The van der Waals surface area contributed by atoms with Crippen LogP contribution < -0.4 is 0 Å². The van der Waals surface area contributed by atoms with Gasteiger partial charge in [-0.3, -0.25) is 0 Å². The lowest BCUT2D eigenvalue weighted by Crippen LogP contribution is -2.04. The van der Waals surface area contributed by atoms with Gasteiger partial charge in [0.2, 0.25) is 0 Å². The molecule has 0 nitrogen and oxygen atoms in total. The molecule has 0 aliphatic rings. The third-order valence-corrected chi connectivity index (χ3v) is 4.15. The minimum absolute atomic E-state index is 0.171. The fourth-order valence-electron chi connectivity index (χ4n) is 1.97. The molecule has 0 spiro atoms. The highest BCUT2D eigenvalue weighted by atomic mass is 79.9. The average molecular weight is 372 g/mol. The minimum Gasteiger partial charge on any atom is -0.207 e. The second kappa shape index (κ2) is 6.48. The van der Waals surface area contributed by atoms with Gasteiger partial charge in [0, 0.05) is 9.80 Å². The number of hydrogen-bond acceptors (Lipinski definition) is 0. The Bertz CT molecular complexity index is 525. The van der Waals surface area contributed by atoms with Gasteiger partial charge < -0.3 is 0 Å². The van der Waals surface area contributed by atoms with Crippen LogP contribution >= 0.6 is 31.9 Å². The van der Waals surface area contributed by atoms with Crippen molar-refractivity contribution in [2.24, 2.45) is 0 Å². The van der Waals surface area contributed by atoms with Gasteiger partial charge in [-0.25, -0.2) is 4.39 Å². The van der Waals surface area contributed by atoms with Crippen LogP contribution in [-0.4, -0.2) is 5.33 Å². The predicted octanol–water partition coefficient (Wildman–Crippen LogP) is 5.31. The predicted molar refractivity (Wildman–Crippen MR) is 80.8 cm³/mol. The van der Waals surface area contributed by atoms with Gasteiger partial charge in [0.25, 0.3) is 0 Å². The van der Waals surface area contributed by atoms with E-state index in [0.29, 0.717) is 5.92 Å². The molecule has 2 rings (SSSR count). The van der Waals surface area contributed by atoms with E-state index in [1.807, 2.05) is 18.2 Å². The van der Waals surface area contributed by atoms with Crippen molar-refractivity contribution >= 4 is 31.9 Å². The van der Waals surface area contributed by atoms with E-state index >= 15 is 0 Å². The van der Waals surface area contributed by atoms with E-state index in [9.17, 15) is 4.39 Å². The second-order valence-corrected chi connectivity index (χ2v) is 5.80. The van der Waals surface area contributed by atoms with Crippen LogP contribution in [0.15, 0.2) is 53.0 Å². The maximum atomic E-state index is 13.2. The van der Waals surface area contributed by atoms with E-state index in [2.05, 4.69) is 44.0 Å². The van der Waals surface area contributed by atoms with Gasteiger partial charge in [-0.15, -0.1) is 0 Å². The lowest BCUT2D eigenvalue weighted by molar-refractivity contribution is 0.623. The maximum absolute atomic E-state index is 13.2. The summed E-state index contributed by atoms with van der Waals surface area (Å²) >= 11 is 7.03. The molecule has 0 aromatic heterocycles. The molecule has 2 aromatic carbocycles. The fourth-order valence-corrected chi connectivity index (χ4v) is 2.99. The summed E-state index contributed by atoms with van der Waals surface area (Å²) in [6.07, 6.45) is 0.833. The maximum Gasteiger partial charge on any atom is 0.123 e. The lowest BCUT2D eigenvalue weighted by atomic mass is 9.94. The molecule has 0 aliphatic carbocycles. The number of alkyl halides is 1. The molecule has 0 fully saturated rings. The van der Waals surface area contributed by atoms with Crippen LogP contribution in [0.4, 0.5) is 4.39 Å². The van der Waals surface area contributed by atoms with Crippen molar-refractivity contribution in [3.8, 4) is 0 Å². The zero-order chi connectivity index (χ0) is 13.0. The molecule has 0 saturated carbocycles. The van der Waals surface area contributed by atoms with Crippen LogP contribution in [0.2, 0.25) is 0 Å². The number of benzene rings is 2. The Balaban J connectivity index is 2.19. The zero-order valence-electron chi connectivity index (χ0n) is 9.74. The van der Waals surface area contributed by atoms with Gasteiger partial charge in [-0.05, 0) is 47.7 Å². The molecule has 0 amide bonds. The van der Waals surface area contributed by atoms with Crippen LogP contribution in [0.3, 0.4) is 0 Å². The summed E-state index contributed by atoms with van der Waals surface area (Å²) in [5.74, 6) is 0.180. The Morgan fingerprint density at radius 1 is 1.06 bits per heavy atom. The third kappa shape index (κ3) is 3.66. The molecule has 2 aromatic rings. The molecule has 1 atom stereocenters. The highest BCUT2D eigenvalue weighted by Gasteiger charge is 2.11. The van der Waals surface area contributed by atoms with E-state index in [1.165, 1.54) is 11.6 Å². The van der Waals surface area contributed by atoms with E-state index in [4.69, 9.17) is 0 Å². The van der Waals surface area contributed by atoms with Crippen LogP contribution in [0.1, 0.15) is 17.0 Å². The van der Waals surface area contributed by atoms with E-state index in [-0.39, 0.29) is 5.82 Å². The summed E-state index contributed by atoms with van der Waals surface area (Å²) in [6, 6.07) is 15.1. The van der Waals surface area contributed by atoms with Crippen LogP contribution in [0.25, 0.3) is 0 Å². The van der Waals surface area contributed by atoms with Crippen molar-refractivity contribution in [2.45, 2.75) is 12.3 Å². The summed E-state index contributed by atoms with van der Waals surface area (Å²) in [4.78, 5) is 0. The number of rotatable bonds is 4. The fraction of sp³-hybridized carbons (Fsp3) is 0.200. The van der Waals surface area contributed by atoms with Gasteiger partial charge >= 0.3 is 0 Å². The molecule has 18 heavy (non-hydrogen) atoms. The molecular weight excluding hydrogens is 359 g/mol. The summed E-state index contributed by atoms with van der Waals surface area (Å²) in [5.41, 5.74) is 2.28. The molecule has 1 unspecified atom stereocenters. The van der Waals surface area contributed by atoms with Crippen molar-refractivity contribution in [3.05, 3.63) is 69.9 Å². The van der Waals surface area contributed by atoms with E-state index < -0.39 is 0 Å². The molecule has 0 N–H and O–H groups in total. The normalized spacial score (nSPS) is 12.4. The Morgan fingerprint density at radius 3 is 2.50 bits per heavy atom. The monoisotopic (exact) mass is 370 g/mol. The van der Waals surface area contributed by atoms with Crippen molar-refractivity contribution < 1.29 is 4.39 Å². The molecule has 3 heteroatoms. The summed E-state index contributed by atoms with van der Waals surface area (Å²) in [6.45, 7) is 0. The first-order valence-electron chi connectivity index (χ1n) is 5.75. The topological polar surface area (TPSA) is 0 Å². The average Bonchev–Trinajstić information content (AvgIpc) is 2.36. The highest BCUT2D eigenvalue weighted by Crippen LogP contribution is 2.25. The van der Waals surface area contributed by atoms with Gasteiger partial charge in [-0.2, -0.15) is 0 Å². The van der Waals surface area contributed by atoms with Gasteiger partial charge in [0.15, 0.2) is 0 Å². The Morgan fingerprint density at radius 2 is 1.83 bits per heavy atom. The molecule has 0 saturated heterocycles. The third-order valence-electron chi connectivity index (χ3n) is 2.88. The summed E-state index contributed by atoms with van der Waals surface area (Å²) in [7, 11) is 0. The Kier molecular flexibility index (Phi) is 4.95. The Hall–Kier alpha value is -0.670. The molecular formula is C15H13Br2F. The van der Waals surface area contributed by atoms with Crippen LogP contribution in [0, 0.1) is 5.82 Å². The standard InChI is InChI=1S/C15H13Br2F/c16-10-13(12-4-2-5-14(17)9-12)7-11-3-1-6-15(18)8-11/h1-6,8-9,13H,7,10H2. The molecule has 0 bridgehead atoms. The zero-order valence-corrected chi connectivity index (χ0v) is 12.9. The quantitative estimate of drug-likeness (QED) is 0.639. The number of halogens is 3. The smallest absolute Gasteiger partial charge is 0.123 e. The molecule has 94 valence electrons. The Labute approximate surface area is 123 Å². The van der Waals surface area contributed by atoms with Gasteiger partial charge in [-0.1, -0.05) is 56.1 Å². The SMILES string of the molecule is Fc1cccc(CC(CBr)c2cccc(Br)c2)c1. The van der Waals surface area contributed by atoms with Crippen molar-refractivity contribution in [3.63, 3.8) is 0 Å². The van der Waals surface area contributed by atoms with Gasteiger partial charge in [0.05, 0.1) is 0 Å². The molecule has 0 aliphatic heterocycles. The van der Waals surface area contributed by atoms with Crippen molar-refractivity contribution in [1.29, 1.82) is 0 Å². The highest BCUT2D eigenvalue weighted by molar-refractivity contribution is 9.10. The first-order chi connectivity index (χ1) is 8.69. The van der Waals surface area contributed by atoms with E-state index in [1.54, 1.807) is 12.1 Å². The summed E-state index contributed by atoms with van der Waals surface area (Å²) in [5, 5.41) is 0.861. The van der Waals surface area contributed by atoms with Crippen LogP contribution in [0.5, 0.6) is 0 Å². The lowest BCUT2D eigenvalue weighted by Gasteiger charge is -2.15. The van der Waals surface area contributed by atoms with E-state index in [0.717, 1.165) is 21.8 Å². The van der Waals surface area contributed by atoms with Gasteiger partial charge in [0.1, 0.15) is 5.82 Å². The largest absolute Gasteiger partial charge is 0.207 e. The second-order valence-electron chi connectivity index (χ2n) is 4.24. The van der Waals surface area contributed by atoms with Crippen LogP contribution in [-0.2, 0) is 6.42 Å². The molecule has 0 radical (unpaired) electrons. The summed E-state index contributed by atoms with van der Waals surface area (Å²) < 4.78 is 14.2. The first-order valence-corrected chi connectivity index (χ1v) is 7.66.